The van der Waals surface area contributed by atoms with Crippen molar-refractivity contribution in [2.24, 2.45) is 0 Å². The first kappa shape index (κ1) is 8.33. The second-order valence-electron chi connectivity index (χ2n) is 2.44. The van der Waals surface area contributed by atoms with E-state index in [0.29, 0.717) is 5.92 Å². The predicted molar refractivity (Wildman–Crippen MR) is 46.5 cm³/mol. The average Bonchev–Trinajstić information content (AvgIpc) is 2.37. The van der Waals surface area contributed by atoms with Crippen LogP contribution in [0.1, 0.15) is 25.6 Å². The normalized spacial score (nSPS) is 10.5. The van der Waals surface area contributed by atoms with Crippen LogP contribution >= 0.6 is 11.8 Å². The van der Waals surface area contributed by atoms with Crippen molar-refractivity contribution in [2.45, 2.75) is 24.9 Å². The van der Waals surface area contributed by atoms with Crippen molar-refractivity contribution >= 4 is 11.8 Å². The van der Waals surface area contributed by atoms with E-state index in [1.165, 1.54) is 11.8 Å². The van der Waals surface area contributed by atoms with E-state index < -0.39 is 0 Å². The maximum absolute atomic E-state index is 4.22. The third-order valence-corrected chi connectivity index (χ3v) is 1.77. The first-order valence-corrected chi connectivity index (χ1v) is 4.32. The maximum atomic E-state index is 4.22. The molecule has 0 fully saturated rings. The van der Waals surface area contributed by atoms with Gasteiger partial charge in [-0.3, -0.25) is 5.10 Å². The Hall–Kier alpha value is -0.770. The number of hydrogen-bond donors (Lipinski definition) is 1. The number of hydrogen-bond acceptors (Lipinski definition) is 3. The van der Waals surface area contributed by atoms with Crippen LogP contribution in [0.5, 0.6) is 0 Å². The summed E-state index contributed by atoms with van der Waals surface area (Å²) in [6.45, 7) is 7.71. The predicted octanol–water partition coefficient (Wildman–Crippen LogP) is 2.16. The highest BCUT2D eigenvalue weighted by Gasteiger charge is 2.05. The Morgan fingerprint density at radius 3 is 2.82 bits per heavy atom. The molecule has 1 aromatic rings. The lowest BCUT2D eigenvalue weighted by atomic mass is 10.2. The van der Waals surface area contributed by atoms with E-state index in [9.17, 15) is 0 Å². The van der Waals surface area contributed by atoms with Crippen LogP contribution in [0.25, 0.3) is 0 Å². The molecular formula is C7H11N3S. The van der Waals surface area contributed by atoms with Gasteiger partial charge in [0.05, 0.1) is 0 Å². The van der Waals surface area contributed by atoms with Gasteiger partial charge >= 0.3 is 0 Å². The molecule has 0 unspecified atom stereocenters. The lowest BCUT2D eigenvalue weighted by molar-refractivity contribution is 0.780. The first-order chi connectivity index (χ1) is 5.24. The molecule has 0 saturated carbocycles. The van der Waals surface area contributed by atoms with Crippen molar-refractivity contribution < 1.29 is 0 Å². The molecule has 0 saturated heterocycles. The van der Waals surface area contributed by atoms with Gasteiger partial charge in [0.1, 0.15) is 0 Å². The molecule has 0 aliphatic heterocycles. The molecule has 0 radical (unpaired) electrons. The molecule has 4 heteroatoms. The zero-order valence-corrected chi connectivity index (χ0v) is 7.48. The quantitative estimate of drug-likeness (QED) is 0.705. The molecule has 0 bridgehead atoms. The number of aromatic amines is 1. The molecule has 60 valence electrons. The van der Waals surface area contributed by atoms with E-state index in [-0.39, 0.29) is 0 Å². The van der Waals surface area contributed by atoms with Crippen LogP contribution in [0.3, 0.4) is 0 Å². The van der Waals surface area contributed by atoms with Crippen molar-refractivity contribution in [3.8, 4) is 0 Å². The van der Waals surface area contributed by atoms with Gasteiger partial charge < -0.3 is 0 Å². The Morgan fingerprint density at radius 1 is 1.64 bits per heavy atom. The van der Waals surface area contributed by atoms with Crippen molar-refractivity contribution in [3.63, 3.8) is 0 Å². The van der Waals surface area contributed by atoms with Gasteiger partial charge in [0.2, 0.25) is 0 Å². The van der Waals surface area contributed by atoms with Crippen LogP contribution < -0.4 is 0 Å². The number of thioether (sulfide) groups is 1. The molecule has 1 N–H and O–H groups in total. The summed E-state index contributed by atoms with van der Waals surface area (Å²) in [6.07, 6.45) is 0. The topological polar surface area (TPSA) is 41.6 Å². The van der Waals surface area contributed by atoms with Gasteiger partial charge in [-0.05, 0) is 5.41 Å². The van der Waals surface area contributed by atoms with Gasteiger partial charge in [0.15, 0.2) is 11.0 Å². The van der Waals surface area contributed by atoms with E-state index in [2.05, 4.69) is 35.6 Å². The van der Waals surface area contributed by atoms with Gasteiger partial charge in [0, 0.05) is 5.92 Å². The van der Waals surface area contributed by atoms with Gasteiger partial charge in [-0.15, -0.1) is 0 Å². The minimum Gasteiger partial charge on any atom is -0.254 e. The minimum atomic E-state index is 0.380. The van der Waals surface area contributed by atoms with E-state index in [0.717, 1.165) is 11.0 Å². The summed E-state index contributed by atoms with van der Waals surface area (Å²) in [4.78, 5) is 4.22. The van der Waals surface area contributed by atoms with E-state index in [1.54, 1.807) is 5.41 Å². The highest BCUT2D eigenvalue weighted by Crippen LogP contribution is 2.15. The number of nitrogens with zero attached hydrogens (tertiary/aromatic N) is 2. The van der Waals surface area contributed by atoms with Crippen molar-refractivity contribution in [2.75, 3.05) is 0 Å². The van der Waals surface area contributed by atoms with Gasteiger partial charge in [-0.1, -0.05) is 32.2 Å². The Morgan fingerprint density at radius 2 is 2.36 bits per heavy atom. The number of aromatic nitrogens is 3. The SMILES string of the molecule is C=CSc1nc(C(C)C)n[nH]1. The van der Waals surface area contributed by atoms with Gasteiger partial charge in [-0.25, -0.2) is 4.98 Å². The summed E-state index contributed by atoms with van der Waals surface area (Å²) in [7, 11) is 0. The molecule has 1 aromatic heterocycles. The fraction of sp³-hybridized carbons (Fsp3) is 0.429. The van der Waals surface area contributed by atoms with Gasteiger partial charge in [0.25, 0.3) is 0 Å². The van der Waals surface area contributed by atoms with E-state index in [4.69, 9.17) is 0 Å². The molecule has 11 heavy (non-hydrogen) atoms. The summed E-state index contributed by atoms with van der Waals surface area (Å²) >= 11 is 1.45. The van der Waals surface area contributed by atoms with Crippen LogP contribution in [0.4, 0.5) is 0 Å². The third-order valence-electron chi connectivity index (χ3n) is 1.19. The standard InChI is InChI=1S/C7H11N3S/c1-4-11-7-8-6(5(2)3)9-10-7/h4-5H,1H2,2-3H3,(H,8,9,10). The molecule has 0 atom stereocenters. The Balaban J connectivity index is 2.73. The summed E-state index contributed by atoms with van der Waals surface area (Å²) in [5, 5.41) is 9.38. The second-order valence-corrected chi connectivity index (χ2v) is 3.39. The third kappa shape index (κ3) is 2.08. The molecule has 0 amide bonds. The van der Waals surface area contributed by atoms with Crippen LogP contribution in [-0.2, 0) is 0 Å². The van der Waals surface area contributed by atoms with Crippen LogP contribution in [0.2, 0.25) is 0 Å². The highest BCUT2D eigenvalue weighted by atomic mass is 32.2. The molecule has 1 heterocycles. The monoisotopic (exact) mass is 169 g/mol. The molecule has 0 aliphatic rings. The molecule has 0 aliphatic carbocycles. The summed E-state index contributed by atoms with van der Waals surface area (Å²) < 4.78 is 0. The van der Waals surface area contributed by atoms with Crippen molar-refractivity contribution in [1.29, 1.82) is 0 Å². The maximum Gasteiger partial charge on any atom is 0.187 e. The summed E-state index contributed by atoms with van der Waals surface area (Å²) in [5.41, 5.74) is 0. The number of rotatable bonds is 3. The smallest absolute Gasteiger partial charge is 0.187 e. The largest absolute Gasteiger partial charge is 0.254 e. The van der Waals surface area contributed by atoms with Crippen LogP contribution in [0.15, 0.2) is 17.1 Å². The van der Waals surface area contributed by atoms with Crippen molar-refractivity contribution in [3.05, 3.63) is 17.8 Å². The van der Waals surface area contributed by atoms with E-state index in [1.807, 2.05) is 0 Å². The van der Waals surface area contributed by atoms with Crippen LogP contribution in [0, 0.1) is 0 Å². The fourth-order valence-corrected chi connectivity index (χ4v) is 1.05. The van der Waals surface area contributed by atoms with Crippen molar-refractivity contribution in [1.82, 2.24) is 15.2 Å². The zero-order valence-electron chi connectivity index (χ0n) is 6.66. The second kappa shape index (κ2) is 3.57. The lowest BCUT2D eigenvalue weighted by Crippen LogP contribution is -1.88. The number of nitrogens with one attached hydrogen (secondary N) is 1. The summed E-state index contributed by atoms with van der Waals surface area (Å²) in [6, 6.07) is 0. The molecule has 1 rings (SSSR count). The number of H-pyrrole nitrogens is 1. The van der Waals surface area contributed by atoms with E-state index >= 15 is 0 Å². The van der Waals surface area contributed by atoms with Gasteiger partial charge in [-0.2, -0.15) is 5.10 Å². The van der Waals surface area contributed by atoms with Crippen LogP contribution in [-0.4, -0.2) is 15.2 Å². The Labute approximate surface area is 70.3 Å². The Kier molecular flexibility index (Phi) is 2.70. The lowest BCUT2D eigenvalue weighted by Gasteiger charge is -1.92. The molecule has 0 spiro atoms. The highest BCUT2D eigenvalue weighted by molar-refractivity contribution is 8.01. The minimum absolute atomic E-state index is 0.380. The molecular weight excluding hydrogens is 158 g/mol. The first-order valence-electron chi connectivity index (χ1n) is 3.44. The summed E-state index contributed by atoms with van der Waals surface area (Å²) in [5.74, 6) is 1.24. The Bertz CT molecular complexity index is 242. The molecule has 3 nitrogen and oxygen atoms in total. The fourth-order valence-electron chi connectivity index (χ4n) is 0.649. The average molecular weight is 169 g/mol. The zero-order chi connectivity index (χ0) is 8.27. The molecule has 0 aromatic carbocycles.